The SMILES string of the molecule is CCCn1cc(N[C@H](C)CS(=O)(=O)CC)cn1. The van der Waals surface area contributed by atoms with E-state index >= 15 is 0 Å². The predicted molar refractivity (Wildman–Crippen MR) is 69.9 cm³/mol. The molecule has 0 saturated carbocycles. The molecule has 0 radical (unpaired) electrons. The third-order valence-corrected chi connectivity index (χ3v) is 4.33. The number of sulfone groups is 1. The van der Waals surface area contributed by atoms with Gasteiger partial charge in [-0.15, -0.1) is 0 Å². The number of nitrogens with zero attached hydrogens (tertiary/aromatic N) is 2. The van der Waals surface area contributed by atoms with Crippen molar-refractivity contribution >= 4 is 15.5 Å². The topological polar surface area (TPSA) is 64.0 Å². The fourth-order valence-electron chi connectivity index (χ4n) is 1.61. The van der Waals surface area contributed by atoms with Gasteiger partial charge in [-0.3, -0.25) is 4.68 Å². The van der Waals surface area contributed by atoms with Gasteiger partial charge in [-0.2, -0.15) is 5.10 Å². The summed E-state index contributed by atoms with van der Waals surface area (Å²) in [5, 5.41) is 7.33. The van der Waals surface area contributed by atoms with Crippen LogP contribution in [0.1, 0.15) is 27.2 Å². The average Bonchev–Trinajstić information content (AvgIpc) is 2.65. The average molecular weight is 259 g/mol. The highest BCUT2D eigenvalue weighted by Crippen LogP contribution is 2.08. The van der Waals surface area contributed by atoms with E-state index < -0.39 is 9.84 Å². The maximum atomic E-state index is 11.4. The molecule has 1 N–H and O–H groups in total. The number of hydrogen-bond acceptors (Lipinski definition) is 4. The minimum atomic E-state index is -2.93. The highest BCUT2D eigenvalue weighted by molar-refractivity contribution is 7.91. The van der Waals surface area contributed by atoms with Crippen molar-refractivity contribution in [2.24, 2.45) is 0 Å². The number of aryl methyl sites for hydroxylation is 1. The number of anilines is 1. The van der Waals surface area contributed by atoms with Gasteiger partial charge in [0, 0.05) is 24.5 Å². The summed E-state index contributed by atoms with van der Waals surface area (Å²) in [7, 11) is -2.93. The summed E-state index contributed by atoms with van der Waals surface area (Å²) < 4.78 is 24.7. The summed E-state index contributed by atoms with van der Waals surface area (Å²) in [6, 6.07) is -0.0979. The Morgan fingerprint density at radius 1 is 1.47 bits per heavy atom. The number of nitrogens with one attached hydrogen (secondary N) is 1. The van der Waals surface area contributed by atoms with Crippen molar-refractivity contribution in [1.29, 1.82) is 0 Å². The lowest BCUT2D eigenvalue weighted by Crippen LogP contribution is -2.26. The zero-order chi connectivity index (χ0) is 12.9. The van der Waals surface area contributed by atoms with Crippen LogP contribution in [0, 0.1) is 0 Å². The molecule has 6 heteroatoms. The van der Waals surface area contributed by atoms with Crippen molar-refractivity contribution in [2.45, 2.75) is 39.8 Å². The van der Waals surface area contributed by atoms with Crippen molar-refractivity contribution in [3.63, 3.8) is 0 Å². The second kappa shape index (κ2) is 6.05. The monoisotopic (exact) mass is 259 g/mol. The van der Waals surface area contributed by atoms with Gasteiger partial charge in [0.1, 0.15) is 0 Å². The van der Waals surface area contributed by atoms with Crippen LogP contribution < -0.4 is 5.32 Å². The second-order valence-corrected chi connectivity index (χ2v) is 6.63. The molecule has 1 rings (SSSR count). The molecule has 0 bridgehead atoms. The van der Waals surface area contributed by atoms with Crippen LogP contribution in [0.15, 0.2) is 12.4 Å². The first-order valence-corrected chi connectivity index (χ1v) is 7.78. The molecule has 0 aliphatic rings. The van der Waals surface area contributed by atoms with Crippen molar-refractivity contribution in [2.75, 3.05) is 16.8 Å². The number of aromatic nitrogens is 2. The number of hydrogen-bond donors (Lipinski definition) is 1. The lowest BCUT2D eigenvalue weighted by atomic mass is 10.4. The molecule has 0 aliphatic heterocycles. The molecule has 0 amide bonds. The highest BCUT2D eigenvalue weighted by atomic mass is 32.2. The van der Waals surface area contributed by atoms with E-state index in [4.69, 9.17) is 0 Å². The molecule has 0 spiro atoms. The molecule has 1 atom stereocenters. The van der Waals surface area contributed by atoms with Crippen LogP contribution in [0.3, 0.4) is 0 Å². The van der Waals surface area contributed by atoms with Crippen LogP contribution in [0.2, 0.25) is 0 Å². The molecule has 98 valence electrons. The Bertz CT molecular complexity index is 439. The van der Waals surface area contributed by atoms with Gasteiger partial charge in [-0.1, -0.05) is 13.8 Å². The Labute approximate surface area is 103 Å². The zero-order valence-corrected chi connectivity index (χ0v) is 11.5. The van der Waals surface area contributed by atoms with E-state index in [1.165, 1.54) is 0 Å². The molecular weight excluding hydrogens is 238 g/mol. The fourth-order valence-corrected chi connectivity index (χ4v) is 2.70. The van der Waals surface area contributed by atoms with Crippen molar-refractivity contribution < 1.29 is 8.42 Å². The summed E-state index contributed by atoms with van der Waals surface area (Å²) in [5.74, 6) is 0.344. The fraction of sp³-hybridized carbons (Fsp3) is 0.727. The van der Waals surface area contributed by atoms with Crippen LogP contribution >= 0.6 is 0 Å². The third kappa shape index (κ3) is 4.77. The van der Waals surface area contributed by atoms with E-state index in [1.54, 1.807) is 13.1 Å². The van der Waals surface area contributed by atoms with Crippen LogP contribution in [-0.4, -0.2) is 35.7 Å². The Balaban J connectivity index is 2.53. The lowest BCUT2D eigenvalue weighted by Gasteiger charge is -2.12. The van der Waals surface area contributed by atoms with Gasteiger partial charge in [0.25, 0.3) is 0 Å². The summed E-state index contributed by atoms with van der Waals surface area (Å²) in [5.41, 5.74) is 0.872. The predicted octanol–water partition coefficient (Wildman–Crippen LogP) is 1.53. The van der Waals surface area contributed by atoms with E-state index in [9.17, 15) is 8.42 Å². The minimum Gasteiger partial charge on any atom is -0.379 e. The van der Waals surface area contributed by atoms with E-state index in [1.807, 2.05) is 17.8 Å². The van der Waals surface area contributed by atoms with Crippen LogP contribution in [0.25, 0.3) is 0 Å². The molecule has 1 aromatic heterocycles. The van der Waals surface area contributed by atoms with Gasteiger partial charge >= 0.3 is 0 Å². The highest BCUT2D eigenvalue weighted by Gasteiger charge is 2.13. The molecule has 0 aliphatic carbocycles. The van der Waals surface area contributed by atoms with E-state index in [2.05, 4.69) is 17.3 Å². The molecule has 1 heterocycles. The summed E-state index contributed by atoms with van der Waals surface area (Å²) in [6.45, 7) is 6.50. The zero-order valence-electron chi connectivity index (χ0n) is 10.7. The Hall–Kier alpha value is -1.04. The molecule has 0 saturated heterocycles. The first kappa shape index (κ1) is 14.0. The summed E-state index contributed by atoms with van der Waals surface area (Å²) >= 11 is 0. The van der Waals surface area contributed by atoms with Crippen LogP contribution in [-0.2, 0) is 16.4 Å². The minimum absolute atomic E-state index is 0.0979. The van der Waals surface area contributed by atoms with Gasteiger partial charge in [0.05, 0.1) is 17.6 Å². The maximum Gasteiger partial charge on any atom is 0.152 e. The number of rotatable bonds is 7. The Morgan fingerprint density at radius 3 is 2.76 bits per heavy atom. The van der Waals surface area contributed by atoms with Gasteiger partial charge in [-0.25, -0.2) is 8.42 Å². The van der Waals surface area contributed by atoms with Crippen molar-refractivity contribution in [3.8, 4) is 0 Å². The smallest absolute Gasteiger partial charge is 0.152 e. The van der Waals surface area contributed by atoms with Crippen molar-refractivity contribution in [1.82, 2.24) is 9.78 Å². The van der Waals surface area contributed by atoms with Crippen molar-refractivity contribution in [3.05, 3.63) is 12.4 Å². The van der Waals surface area contributed by atoms with Gasteiger partial charge < -0.3 is 5.32 Å². The molecule has 0 fully saturated rings. The quantitative estimate of drug-likeness (QED) is 0.806. The molecule has 17 heavy (non-hydrogen) atoms. The standard InChI is InChI=1S/C11H21N3O2S/c1-4-6-14-8-11(7-12-14)13-10(3)9-17(15,16)5-2/h7-8,10,13H,4-6,9H2,1-3H3/t10-/m1/s1. The molecular formula is C11H21N3O2S. The largest absolute Gasteiger partial charge is 0.379 e. The molecule has 1 aromatic rings. The third-order valence-electron chi connectivity index (χ3n) is 2.44. The van der Waals surface area contributed by atoms with E-state index in [-0.39, 0.29) is 17.5 Å². The van der Waals surface area contributed by atoms with Gasteiger partial charge in [0.2, 0.25) is 0 Å². The summed E-state index contributed by atoms with van der Waals surface area (Å²) in [6.07, 6.45) is 4.66. The molecule has 0 unspecified atom stereocenters. The second-order valence-electron chi connectivity index (χ2n) is 4.24. The summed E-state index contributed by atoms with van der Waals surface area (Å²) in [4.78, 5) is 0. The van der Waals surface area contributed by atoms with E-state index in [0.717, 1.165) is 18.7 Å². The van der Waals surface area contributed by atoms with Crippen LogP contribution in [0.5, 0.6) is 0 Å². The first-order chi connectivity index (χ1) is 7.96. The molecule has 5 nitrogen and oxygen atoms in total. The Morgan fingerprint density at radius 2 is 2.18 bits per heavy atom. The van der Waals surface area contributed by atoms with Gasteiger partial charge in [0.15, 0.2) is 9.84 Å². The Kier molecular flexibility index (Phi) is 4.99. The maximum absolute atomic E-state index is 11.4. The van der Waals surface area contributed by atoms with Crippen LogP contribution in [0.4, 0.5) is 5.69 Å². The first-order valence-electron chi connectivity index (χ1n) is 5.96. The normalized spacial score (nSPS) is 13.6. The lowest BCUT2D eigenvalue weighted by molar-refractivity contribution is 0.593. The van der Waals surface area contributed by atoms with Gasteiger partial charge in [-0.05, 0) is 13.3 Å². The molecule has 0 aromatic carbocycles. The van der Waals surface area contributed by atoms with E-state index in [0.29, 0.717) is 0 Å².